The average Bonchev–Trinajstić information content (AvgIpc) is 2.52. The lowest BCUT2D eigenvalue weighted by Crippen LogP contribution is -1.95. The monoisotopic (exact) mass is 228 g/mol. The Morgan fingerprint density at radius 3 is 2.36 bits per heavy atom. The lowest BCUT2D eigenvalue weighted by Gasteiger charge is -2.03. The van der Waals surface area contributed by atoms with E-state index < -0.39 is 0 Å². The van der Waals surface area contributed by atoms with Crippen molar-refractivity contribution in [3.8, 4) is 11.4 Å². The first-order valence-corrected chi connectivity index (χ1v) is 4.62. The SMILES string of the molecule is Cn1nnnc1-c1c(Cl)cccc1Cl. The molecule has 0 aliphatic carbocycles. The van der Waals surface area contributed by atoms with Gasteiger partial charge in [0.25, 0.3) is 0 Å². The van der Waals surface area contributed by atoms with Crippen molar-refractivity contribution in [2.45, 2.75) is 0 Å². The molecule has 0 bridgehead atoms. The topological polar surface area (TPSA) is 43.6 Å². The zero-order valence-electron chi connectivity index (χ0n) is 7.28. The molecule has 2 rings (SSSR count). The summed E-state index contributed by atoms with van der Waals surface area (Å²) >= 11 is 12.0. The summed E-state index contributed by atoms with van der Waals surface area (Å²) in [4.78, 5) is 0. The summed E-state index contributed by atoms with van der Waals surface area (Å²) in [7, 11) is 1.73. The molecule has 0 atom stereocenters. The zero-order valence-corrected chi connectivity index (χ0v) is 8.79. The summed E-state index contributed by atoms with van der Waals surface area (Å²) < 4.78 is 1.52. The van der Waals surface area contributed by atoms with Gasteiger partial charge in [0.2, 0.25) is 0 Å². The fourth-order valence-corrected chi connectivity index (χ4v) is 1.72. The summed E-state index contributed by atoms with van der Waals surface area (Å²) in [5.41, 5.74) is 0.656. The van der Waals surface area contributed by atoms with Crippen molar-refractivity contribution < 1.29 is 0 Å². The molecule has 1 aromatic carbocycles. The van der Waals surface area contributed by atoms with Crippen molar-refractivity contribution in [3.05, 3.63) is 28.2 Å². The van der Waals surface area contributed by atoms with Gasteiger partial charge in [-0.25, -0.2) is 4.68 Å². The minimum absolute atomic E-state index is 0.537. The van der Waals surface area contributed by atoms with Crippen LogP contribution in [0, 0.1) is 0 Å². The third kappa shape index (κ3) is 1.47. The van der Waals surface area contributed by atoms with E-state index in [1.54, 1.807) is 25.2 Å². The number of aromatic nitrogens is 4. The maximum Gasteiger partial charge on any atom is 0.184 e. The van der Waals surface area contributed by atoms with Crippen molar-refractivity contribution in [2.75, 3.05) is 0 Å². The van der Waals surface area contributed by atoms with Gasteiger partial charge in [-0.3, -0.25) is 0 Å². The summed E-state index contributed by atoms with van der Waals surface area (Å²) in [6.07, 6.45) is 0. The highest BCUT2D eigenvalue weighted by atomic mass is 35.5. The van der Waals surface area contributed by atoms with Gasteiger partial charge in [-0.2, -0.15) is 0 Å². The molecule has 4 nitrogen and oxygen atoms in total. The first-order chi connectivity index (χ1) is 6.70. The fourth-order valence-electron chi connectivity index (χ4n) is 1.15. The predicted octanol–water partition coefficient (Wildman–Crippen LogP) is 2.18. The molecule has 0 fully saturated rings. The quantitative estimate of drug-likeness (QED) is 0.752. The number of benzene rings is 1. The molecule has 6 heteroatoms. The van der Waals surface area contributed by atoms with Crippen LogP contribution in [0.4, 0.5) is 0 Å². The maximum absolute atomic E-state index is 6.00. The number of rotatable bonds is 1. The standard InChI is InChI=1S/C8H6Cl2N4/c1-14-8(11-12-13-14)7-5(9)3-2-4-6(7)10/h2-4H,1H3. The van der Waals surface area contributed by atoms with E-state index in [2.05, 4.69) is 15.5 Å². The molecule has 14 heavy (non-hydrogen) atoms. The Balaban J connectivity index is 2.68. The average molecular weight is 229 g/mol. The number of hydrogen-bond donors (Lipinski definition) is 0. The molecule has 2 aromatic rings. The van der Waals surface area contributed by atoms with Crippen LogP contribution in [-0.2, 0) is 7.05 Å². The second-order valence-electron chi connectivity index (χ2n) is 2.72. The van der Waals surface area contributed by atoms with E-state index in [-0.39, 0.29) is 0 Å². The molecule has 0 aliphatic heterocycles. The normalized spacial score (nSPS) is 10.5. The molecular formula is C8H6Cl2N4. The van der Waals surface area contributed by atoms with Gasteiger partial charge in [-0.05, 0) is 22.6 Å². The van der Waals surface area contributed by atoms with Gasteiger partial charge in [-0.1, -0.05) is 29.3 Å². The Bertz CT molecular complexity index is 446. The maximum atomic E-state index is 6.00. The van der Waals surface area contributed by atoms with Crippen LogP contribution in [0.5, 0.6) is 0 Å². The van der Waals surface area contributed by atoms with E-state index in [0.29, 0.717) is 21.4 Å². The van der Waals surface area contributed by atoms with Crippen LogP contribution in [0.2, 0.25) is 10.0 Å². The van der Waals surface area contributed by atoms with Gasteiger partial charge in [0, 0.05) is 7.05 Å². The second kappa shape index (κ2) is 3.55. The van der Waals surface area contributed by atoms with E-state index in [4.69, 9.17) is 23.2 Å². The Labute approximate surface area is 90.4 Å². The minimum atomic E-state index is 0.537. The Morgan fingerprint density at radius 2 is 1.86 bits per heavy atom. The molecule has 1 heterocycles. The second-order valence-corrected chi connectivity index (χ2v) is 3.54. The van der Waals surface area contributed by atoms with Crippen LogP contribution in [0.15, 0.2) is 18.2 Å². The first kappa shape index (κ1) is 9.43. The largest absolute Gasteiger partial charge is 0.228 e. The first-order valence-electron chi connectivity index (χ1n) is 3.87. The zero-order chi connectivity index (χ0) is 10.1. The van der Waals surface area contributed by atoms with Crippen molar-refractivity contribution in [1.29, 1.82) is 0 Å². The van der Waals surface area contributed by atoms with Gasteiger partial charge in [0.15, 0.2) is 5.82 Å². The van der Waals surface area contributed by atoms with E-state index >= 15 is 0 Å². The lowest BCUT2D eigenvalue weighted by atomic mass is 10.2. The number of tetrazole rings is 1. The highest BCUT2D eigenvalue weighted by molar-refractivity contribution is 6.38. The Kier molecular flexibility index (Phi) is 2.39. The molecule has 0 saturated carbocycles. The predicted molar refractivity (Wildman–Crippen MR) is 54.3 cm³/mol. The van der Waals surface area contributed by atoms with Crippen LogP contribution in [0.25, 0.3) is 11.4 Å². The summed E-state index contributed by atoms with van der Waals surface area (Å²) in [5.74, 6) is 0.556. The molecule has 0 aliphatic rings. The molecule has 1 aromatic heterocycles. The number of halogens is 2. The van der Waals surface area contributed by atoms with Crippen LogP contribution in [0.3, 0.4) is 0 Å². The number of nitrogens with zero attached hydrogens (tertiary/aromatic N) is 4. The molecule has 0 saturated heterocycles. The Morgan fingerprint density at radius 1 is 1.21 bits per heavy atom. The molecule has 0 spiro atoms. The highest BCUT2D eigenvalue weighted by Crippen LogP contribution is 2.32. The lowest BCUT2D eigenvalue weighted by molar-refractivity contribution is 0.715. The van der Waals surface area contributed by atoms with Gasteiger partial charge in [0.1, 0.15) is 0 Å². The van der Waals surface area contributed by atoms with Crippen molar-refractivity contribution >= 4 is 23.2 Å². The highest BCUT2D eigenvalue weighted by Gasteiger charge is 2.13. The van der Waals surface area contributed by atoms with Crippen LogP contribution < -0.4 is 0 Å². The third-order valence-electron chi connectivity index (χ3n) is 1.81. The summed E-state index contributed by atoms with van der Waals surface area (Å²) in [6.45, 7) is 0. The Hall–Kier alpha value is -1.13. The fraction of sp³-hybridized carbons (Fsp3) is 0.125. The molecule has 72 valence electrons. The number of hydrogen-bond acceptors (Lipinski definition) is 3. The van der Waals surface area contributed by atoms with Gasteiger partial charge >= 0.3 is 0 Å². The third-order valence-corrected chi connectivity index (χ3v) is 2.44. The van der Waals surface area contributed by atoms with E-state index in [0.717, 1.165) is 0 Å². The molecule has 0 amide bonds. The van der Waals surface area contributed by atoms with E-state index in [1.807, 2.05) is 0 Å². The van der Waals surface area contributed by atoms with Gasteiger partial charge in [-0.15, -0.1) is 5.10 Å². The van der Waals surface area contributed by atoms with Crippen LogP contribution >= 0.6 is 23.2 Å². The van der Waals surface area contributed by atoms with Crippen molar-refractivity contribution in [2.24, 2.45) is 7.05 Å². The van der Waals surface area contributed by atoms with E-state index in [9.17, 15) is 0 Å². The van der Waals surface area contributed by atoms with Crippen molar-refractivity contribution in [3.63, 3.8) is 0 Å². The molecular weight excluding hydrogens is 223 g/mol. The van der Waals surface area contributed by atoms with E-state index in [1.165, 1.54) is 4.68 Å². The summed E-state index contributed by atoms with van der Waals surface area (Å²) in [5, 5.41) is 12.2. The van der Waals surface area contributed by atoms with Crippen LogP contribution in [0.1, 0.15) is 0 Å². The van der Waals surface area contributed by atoms with Crippen LogP contribution in [-0.4, -0.2) is 20.2 Å². The number of aryl methyl sites for hydroxylation is 1. The molecule has 0 unspecified atom stereocenters. The van der Waals surface area contributed by atoms with Crippen molar-refractivity contribution in [1.82, 2.24) is 20.2 Å². The van der Waals surface area contributed by atoms with Gasteiger partial charge in [0.05, 0.1) is 15.6 Å². The smallest absolute Gasteiger partial charge is 0.184 e. The molecule has 0 radical (unpaired) electrons. The minimum Gasteiger partial charge on any atom is -0.228 e. The molecule has 0 N–H and O–H groups in total. The summed E-state index contributed by atoms with van der Waals surface area (Å²) in [6, 6.07) is 5.27. The van der Waals surface area contributed by atoms with Gasteiger partial charge < -0.3 is 0 Å².